The molecule has 0 bridgehead atoms. The highest BCUT2D eigenvalue weighted by Crippen LogP contribution is 2.63. The summed E-state index contributed by atoms with van der Waals surface area (Å²) in [4.78, 5) is 6.89. The molecule has 8 rings (SSSR count). The summed E-state index contributed by atoms with van der Waals surface area (Å²) in [5.41, 5.74) is 3.22. The molecule has 4 nitrogen and oxygen atoms in total. The Hall–Kier alpha value is -3.84. The summed E-state index contributed by atoms with van der Waals surface area (Å²) in [5.74, 6) is 0. The zero-order valence-electron chi connectivity index (χ0n) is 22.9. The Morgan fingerprint density at radius 2 is 1.23 bits per heavy atom. The number of nitrogens with zero attached hydrogens (tertiary/aromatic N) is 4. The molecule has 2 aliphatic carbocycles. The van der Waals surface area contributed by atoms with E-state index in [0.29, 0.717) is 0 Å². The lowest BCUT2D eigenvalue weighted by molar-refractivity contribution is 0.376. The Labute approximate surface area is 277 Å². The van der Waals surface area contributed by atoms with Crippen LogP contribution >= 0.6 is 68.0 Å². The fourth-order valence-corrected chi connectivity index (χ4v) is 14.7. The van der Waals surface area contributed by atoms with E-state index in [2.05, 4.69) is 24.3 Å². The average Bonchev–Trinajstić information content (AvgIpc) is 3.88. The molecule has 6 heterocycles. The quantitative estimate of drug-likeness (QED) is 0.174. The van der Waals surface area contributed by atoms with Crippen LogP contribution in [0.25, 0.3) is 61.8 Å². The summed E-state index contributed by atoms with van der Waals surface area (Å²) >= 11 is 10.9. The van der Waals surface area contributed by atoms with Crippen LogP contribution in [0.2, 0.25) is 0 Å². The SMILES string of the molecule is N#CC(C#N)=Cc1ccc(C2=Cc3sc4c(sc5c6sc(-c7ccc(C=C(C#N)C#N)s7)cc6sc45)c3C23CCCCC3)s1. The van der Waals surface area contributed by atoms with E-state index in [1.54, 1.807) is 34.8 Å². The van der Waals surface area contributed by atoms with Gasteiger partial charge < -0.3 is 0 Å². The fraction of sp³-hybridized carbons (Fsp3) is 0.176. The van der Waals surface area contributed by atoms with Gasteiger partial charge in [-0.2, -0.15) is 21.0 Å². The van der Waals surface area contributed by atoms with Crippen molar-refractivity contribution < 1.29 is 0 Å². The maximum absolute atomic E-state index is 9.25. The number of nitriles is 4. The van der Waals surface area contributed by atoms with Gasteiger partial charge in [0.1, 0.15) is 35.4 Å². The molecule has 0 N–H and O–H groups in total. The minimum absolute atomic E-state index is 0.0181. The van der Waals surface area contributed by atoms with Crippen molar-refractivity contribution in [3.05, 3.63) is 66.6 Å². The van der Waals surface area contributed by atoms with Crippen LogP contribution < -0.4 is 0 Å². The molecule has 0 unspecified atom stereocenters. The lowest BCUT2D eigenvalue weighted by atomic mass is 9.67. The van der Waals surface area contributed by atoms with E-state index in [1.165, 1.54) is 73.2 Å². The molecule has 0 saturated heterocycles. The standard InChI is InChI=1S/C34H18N4S6/c35-14-18(15-36)10-20-4-6-23(39-20)22-12-26-28(34(22)8-2-1-3-9-34)30-32(42-26)33-31(44-30)29-27(43-33)13-25(41-29)24-7-5-21(40-24)11-19(16-37)17-38/h4-7,10-13H,1-3,8-9H2. The maximum atomic E-state index is 9.25. The molecule has 0 radical (unpaired) electrons. The van der Waals surface area contributed by atoms with E-state index in [4.69, 9.17) is 10.5 Å². The van der Waals surface area contributed by atoms with Crippen LogP contribution in [0.15, 0.2) is 41.5 Å². The number of rotatable bonds is 4. The number of thiophene rings is 6. The molecule has 1 fully saturated rings. The van der Waals surface area contributed by atoms with Gasteiger partial charge in [-0.15, -0.1) is 68.0 Å². The zero-order chi connectivity index (χ0) is 30.0. The molecular weight excluding hydrogens is 657 g/mol. The van der Waals surface area contributed by atoms with Crippen LogP contribution in [-0.2, 0) is 5.41 Å². The summed E-state index contributed by atoms with van der Waals surface area (Å²) in [6.45, 7) is 0. The molecular formula is C34H18N4S6. The monoisotopic (exact) mass is 674 g/mol. The number of fused-ring (bicyclic) bond motifs is 8. The molecule has 0 aliphatic heterocycles. The van der Waals surface area contributed by atoms with Crippen LogP contribution in [0.1, 0.15) is 57.2 Å². The first-order chi connectivity index (χ1) is 21.5. The fourth-order valence-electron chi connectivity index (χ4n) is 6.55. The van der Waals surface area contributed by atoms with Gasteiger partial charge in [0.15, 0.2) is 0 Å². The van der Waals surface area contributed by atoms with Gasteiger partial charge in [0.2, 0.25) is 0 Å². The Balaban J connectivity index is 1.21. The van der Waals surface area contributed by atoms with E-state index in [0.717, 1.165) is 27.5 Å². The molecule has 0 atom stereocenters. The first-order valence-electron chi connectivity index (χ1n) is 13.9. The van der Waals surface area contributed by atoms with E-state index >= 15 is 0 Å². The molecule has 6 aromatic rings. The van der Waals surface area contributed by atoms with Crippen molar-refractivity contribution in [2.24, 2.45) is 0 Å². The first-order valence-corrected chi connectivity index (χ1v) is 18.8. The largest absolute Gasteiger partial charge is 0.192 e. The molecule has 0 aromatic carbocycles. The van der Waals surface area contributed by atoms with E-state index in [-0.39, 0.29) is 16.6 Å². The van der Waals surface area contributed by atoms with Crippen LogP contribution in [0.3, 0.4) is 0 Å². The topological polar surface area (TPSA) is 95.2 Å². The second-order valence-corrected chi connectivity index (χ2v) is 17.2. The van der Waals surface area contributed by atoms with Crippen molar-refractivity contribution in [2.75, 3.05) is 0 Å². The second kappa shape index (κ2) is 10.7. The van der Waals surface area contributed by atoms with E-state index in [9.17, 15) is 10.5 Å². The summed E-state index contributed by atoms with van der Waals surface area (Å²) in [7, 11) is 0. The molecule has 1 saturated carbocycles. The first kappa shape index (κ1) is 27.7. The Bertz CT molecular complexity index is 2390. The highest BCUT2D eigenvalue weighted by Gasteiger charge is 2.46. The van der Waals surface area contributed by atoms with E-state index < -0.39 is 0 Å². The smallest absolute Gasteiger partial charge is 0.131 e. The summed E-state index contributed by atoms with van der Waals surface area (Å²) in [6, 6.07) is 18.4. The Morgan fingerprint density at radius 1 is 0.614 bits per heavy atom. The zero-order valence-corrected chi connectivity index (χ0v) is 27.8. The van der Waals surface area contributed by atoms with Crippen molar-refractivity contribution in [1.29, 1.82) is 21.0 Å². The number of allylic oxidation sites excluding steroid dienone is 3. The highest BCUT2D eigenvalue weighted by atomic mass is 32.1. The van der Waals surface area contributed by atoms with Crippen LogP contribution in [0.5, 0.6) is 0 Å². The minimum atomic E-state index is 0.0181. The highest BCUT2D eigenvalue weighted by molar-refractivity contribution is 7.45. The average molecular weight is 675 g/mol. The predicted molar refractivity (Wildman–Crippen MR) is 189 cm³/mol. The number of hydrogen-bond acceptors (Lipinski definition) is 10. The molecule has 0 amide bonds. The van der Waals surface area contributed by atoms with E-state index in [1.807, 2.05) is 81.8 Å². The predicted octanol–water partition coefficient (Wildman–Crippen LogP) is 11.8. The van der Waals surface area contributed by atoms with Gasteiger partial charge in [0, 0.05) is 39.4 Å². The normalized spacial score (nSPS) is 15.0. The third-order valence-electron chi connectivity index (χ3n) is 8.42. The molecule has 1 spiro atoms. The lowest BCUT2D eigenvalue weighted by Gasteiger charge is -2.37. The van der Waals surface area contributed by atoms with Gasteiger partial charge in [-0.1, -0.05) is 19.3 Å². The summed E-state index contributed by atoms with van der Waals surface area (Å²) in [5, 5.41) is 36.7. The Kier molecular flexibility index (Phi) is 6.70. The molecule has 6 aromatic heterocycles. The van der Waals surface area contributed by atoms with Gasteiger partial charge in [0.05, 0.1) is 23.5 Å². The van der Waals surface area contributed by atoms with Gasteiger partial charge in [-0.05, 0) is 72.5 Å². The van der Waals surface area contributed by atoms with Crippen LogP contribution in [0, 0.1) is 45.3 Å². The molecule has 2 aliphatic rings. The third kappa shape index (κ3) is 4.19. The minimum Gasteiger partial charge on any atom is -0.192 e. The Morgan fingerprint density at radius 3 is 1.91 bits per heavy atom. The van der Waals surface area contributed by atoms with Crippen molar-refractivity contribution in [3.8, 4) is 34.0 Å². The summed E-state index contributed by atoms with van der Waals surface area (Å²) < 4.78 is 8.35. The van der Waals surface area contributed by atoms with Crippen molar-refractivity contribution >= 4 is 120 Å². The summed E-state index contributed by atoms with van der Waals surface area (Å²) in [6.07, 6.45) is 11.8. The maximum Gasteiger partial charge on any atom is 0.131 e. The van der Waals surface area contributed by atoms with Crippen LogP contribution in [0.4, 0.5) is 0 Å². The van der Waals surface area contributed by atoms with Crippen molar-refractivity contribution in [2.45, 2.75) is 37.5 Å². The molecule has 10 heteroatoms. The van der Waals surface area contributed by atoms with Crippen LogP contribution in [-0.4, -0.2) is 0 Å². The third-order valence-corrected chi connectivity index (χ3v) is 16.0. The number of hydrogen-bond donors (Lipinski definition) is 0. The van der Waals surface area contributed by atoms with Crippen molar-refractivity contribution in [1.82, 2.24) is 0 Å². The van der Waals surface area contributed by atoms with Gasteiger partial charge in [0.25, 0.3) is 0 Å². The molecule has 210 valence electrons. The van der Waals surface area contributed by atoms with Gasteiger partial charge in [-0.3, -0.25) is 0 Å². The van der Waals surface area contributed by atoms with Gasteiger partial charge in [-0.25, -0.2) is 0 Å². The van der Waals surface area contributed by atoms with Crippen molar-refractivity contribution in [3.63, 3.8) is 0 Å². The second-order valence-electron chi connectivity index (χ2n) is 10.8. The van der Waals surface area contributed by atoms with Gasteiger partial charge >= 0.3 is 0 Å². The molecule has 44 heavy (non-hydrogen) atoms. The lowest BCUT2D eigenvalue weighted by Crippen LogP contribution is -2.28.